The summed E-state index contributed by atoms with van der Waals surface area (Å²) in [5.41, 5.74) is 0.354. The molecule has 2 aromatic rings. The molecule has 0 aliphatic heterocycles. The molecule has 0 bridgehead atoms. The zero-order valence-corrected chi connectivity index (χ0v) is 12.6. The number of fused-ring (bicyclic) bond motifs is 1. The number of benzene rings is 2. The summed E-state index contributed by atoms with van der Waals surface area (Å²) in [6.07, 6.45) is 3.50. The SMILES string of the molecule is CSC(=Nc1cccc2cccc(S(=O)(=O)O)c12)NC#N. The van der Waals surface area contributed by atoms with Crippen molar-refractivity contribution >= 4 is 43.5 Å². The highest BCUT2D eigenvalue weighted by Crippen LogP contribution is 2.32. The first-order valence-corrected chi connectivity index (χ1v) is 8.41. The summed E-state index contributed by atoms with van der Waals surface area (Å²) >= 11 is 1.22. The molecule has 2 aromatic carbocycles. The molecule has 0 amide bonds. The number of amidine groups is 1. The standard InChI is InChI=1S/C13H11N3O3S2/c1-20-13(15-8-14)16-10-6-2-4-9-5-3-7-11(12(9)10)21(17,18)19/h2-7H,1H3,(H,15,16)(H,17,18,19). The molecule has 0 saturated heterocycles. The van der Waals surface area contributed by atoms with Crippen LogP contribution in [0.25, 0.3) is 10.8 Å². The average molecular weight is 321 g/mol. The van der Waals surface area contributed by atoms with Crippen LogP contribution in [-0.2, 0) is 10.1 Å². The van der Waals surface area contributed by atoms with Gasteiger partial charge in [-0.15, -0.1) is 0 Å². The maximum atomic E-state index is 11.5. The van der Waals surface area contributed by atoms with E-state index in [2.05, 4.69) is 10.3 Å². The monoisotopic (exact) mass is 321 g/mol. The lowest BCUT2D eigenvalue weighted by Crippen LogP contribution is -2.12. The molecule has 0 spiro atoms. The van der Waals surface area contributed by atoms with Crippen LogP contribution in [0.1, 0.15) is 0 Å². The number of thioether (sulfide) groups is 1. The smallest absolute Gasteiger partial charge is 0.282 e. The summed E-state index contributed by atoms with van der Waals surface area (Å²) < 4.78 is 32.4. The Labute approximate surface area is 126 Å². The molecule has 21 heavy (non-hydrogen) atoms. The summed E-state index contributed by atoms with van der Waals surface area (Å²) in [5, 5.41) is 12.3. The van der Waals surface area contributed by atoms with Crippen LogP contribution in [0.15, 0.2) is 46.3 Å². The van der Waals surface area contributed by atoms with E-state index in [1.165, 1.54) is 17.8 Å². The lowest BCUT2D eigenvalue weighted by Gasteiger charge is -2.08. The number of hydrogen-bond acceptors (Lipinski definition) is 5. The van der Waals surface area contributed by atoms with Crippen LogP contribution in [0, 0.1) is 11.5 Å². The molecule has 0 radical (unpaired) electrons. The van der Waals surface area contributed by atoms with Gasteiger partial charge in [0.15, 0.2) is 11.4 Å². The first kappa shape index (κ1) is 15.3. The lowest BCUT2D eigenvalue weighted by molar-refractivity contribution is 0.484. The Balaban J connectivity index is 2.79. The molecule has 0 unspecified atom stereocenters. The summed E-state index contributed by atoms with van der Waals surface area (Å²) in [5.74, 6) is 0. The van der Waals surface area contributed by atoms with E-state index in [9.17, 15) is 13.0 Å². The van der Waals surface area contributed by atoms with E-state index in [4.69, 9.17) is 5.26 Å². The van der Waals surface area contributed by atoms with Gasteiger partial charge in [0.2, 0.25) is 0 Å². The molecule has 108 valence electrons. The van der Waals surface area contributed by atoms with E-state index in [1.807, 2.05) is 0 Å². The normalized spacial score (nSPS) is 12.1. The molecular weight excluding hydrogens is 310 g/mol. The van der Waals surface area contributed by atoms with Crippen LogP contribution in [0.3, 0.4) is 0 Å². The van der Waals surface area contributed by atoms with E-state index < -0.39 is 10.1 Å². The Morgan fingerprint density at radius 1 is 1.33 bits per heavy atom. The van der Waals surface area contributed by atoms with Crippen LogP contribution >= 0.6 is 11.8 Å². The Kier molecular flexibility index (Phi) is 4.47. The van der Waals surface area contributed by atoms with Crippen molar-refractivity contribution in [2.24, 2.45) is 4.99 Å². The molecule has 0 saturated carbocycles. The molecule has 8 heteroatoms. The van der Waals surface area contributed by atoms with Gasteiger partial charge in [-0.3, -0.25) is 9.87 Å². The van der Waals surface area contributed by atoms with Gasteiger partial charge in [0.25, 0.3) is 10.1 Å². The van der Waals surface area contributed by atoms with Gasteiger partial charge in [0.05, 0.1) is 5.69 Å². The van der Waals surface area contributed by atoms with Crippen LogP contribution < -0.4 is 5.32 Å². The Morgan fingerprint density at radius 2 is 2.00 bits per heavy atom. The number of rotatable bonds is 2. The van der Waals surface area contributed by atoms with E-state index in [0.29, 0.717) is 21.6 Å². The van der Waals surface area contributed by atoms with Crippen molar-refractivity contribution in [1.82, 2.24) is 5.32 Å². The minimum Gasteiger partial charge on any atom is -0.282 e. The third-order valence-electron chi connectivity index (χ3n) is 2.70. The van der Waals surface area contributed by atoms with E-state index in [-0.39, 0.29) is 4.90 Å². The van der Waals surface area contributed by atoms with Gasteiger partial charge in [-0.1, -0.05) is 36.0 Å². The fraction of sp³-hybridized carbons (Fsp3) is 0.0769. The summed E-state index contributed by atoms with van der Waals surface area (Å²) in [6, 6.07) is 9.64. The molecule has 2 N–H and O–H groups in total. The number of nitrogens with zero attached hydrogens (tertiary/aromatic N) is 2. The molecule has 2 rings (SSSR count). The van der Waals surface area contributed by atoms with E-state index in [0.717, 1.165) is 0 Å². The third-order valence-corrected chi connectivity index (χ3v) is 4.18. The minimum atomic E-state index is -4.37. The topological polar surface area (TPSA) is 103 Å². The van der Waals surface area contributed by atoms with Crippen LogP contribution in [0.5, 0.6) is 0 Å². The fourth-order valence-electron chi connectivity index (χ4n) is 1.88. The van der Waals surface area contributed by atoms with E-state index >= 15 is 0 Å². The van der Waals surface area contributed by atoms with Gasteiger partial charge in [-0.2, -0.15) is 13.7 Å². The van der Waals surface area contributed by atoms with Crippen LogP contribution in [0.2, 0.25) is 0 Å². The van der Waals surface area contributed by atoms with Crippen molar-refractivity contribution in [2.75, 3.05) is 6.26 Å². The zero-order chi connectivity index (χ0) is 15.5. The molecule has 0 heterocycles. The van der Waals surface area contributed by atoms with Gasteiger partial charge in [-0.05, 0) is 23.8 Å². The molecule has 0 aromatic heterocycles. The number of nitriles is 1. The first-order valence-electron chi connectivity index (χ1n) is 5.74. The van der Waals surface area contributed by atoms with Gasteiger partial charge in [0.1, 0.15) is 4.90 Å². The lowest BCUT2D eigenvalue weighted by atomic mass is 10.1. The molecular formula is C13H11N3O3S2. The number of nitrogens with one attached hydrogen (secondary N) is 1. The van der Waals surface area contributed by atoms with Crippen molar-refractivity contribution < 1.29 is 13.0 Å². The second-order valence-electron chi connectivity index (χ2n) is 3.96. The molecule has 0 aliphatic rings. The number of aliphatic imine (C=N–C) groups is 1. The Hall–Kier alpha value is -2.08. The maximum absolute atomic E-state index is 11.5. The van der Waals surface area contributed by atoms with Gasteiger partial charge < -0.3 is 0 Å². The van der Waals surface area contributed by atoms with Crippen molar-refractivity contribution in [3.8, 4) is 6.19 Å². The Morgan fingerprint density at radius 3 is 2.57 bits per heavy atom. The van der Waals surface area contributed by atoms with Gasteiger partial charge >= 0.3 is 0 Å². The molecule has 0 aliphatic carbocycles. The predicted molar refractivity (Wildman–Crippen MR) is 83.1 cm³/mol. The highest BCUT2D eigenvalue weighted by Gasteiger charge is 2.16. The van der Waals surface area contributed by atoms with Gasteiger partial charge in [-0.25, -0.2) is 4.99 Å². The van der Waals surface area contributed by atoms with Crippen molar-refractivity contribution in [3.63, 3.8) is 0 Å². The molecule has 0 fully saturated rings. The van der Waals surface area contributed by atoms with E-state index in [1.54, 1.807) is 42.8 Å². The van der Waals surface area contributed by atoms with Crippen LogP contribution in [-0.4, -0.2) is 24.4 Å². The zero-order valence-electron chi connectivity index (χ0n) is 10.9. The summed E-state index contributed by atoms with van der Waals surface area (Å²) in [7, 11) is -4.37. The van der Waals surface area contributed by atoms with Crippen LogP contribution in [0.4, 0.5) is 5.69 Å². The first-order chi connectivity index (χ1) is 9.97. The predicted octanol–water partition coefficient (Wildman–Crippen LogP) is 2.51. The highest BCUT2D eigenvalue weighted by molar-refractivity contribution is 8.13. The summed E-state index contributed by atoms with van der Waals surface area (Å²) in [4.78, 5) is 4.03. The quantitative estimate of drug-likeness (QED) is 0.290. The fourth-order valence-corrected chi connectivity index (χ4v) is 2.95. The van der Waals surface area contributed by atoms with Crippen molar-refractivity contribution in [3.05, 3.63) is 36.4 Å². The third kappa shape index (κ3) is 3.33. The van der Waals surface area contributed by atoms with Crippen molar-refractivity contribution in [2.45, 2.75) is 4.90 Å². The van der Waals surface area contributed by atoms with Crippen molar-refractivity contribution in [1.29, 1.82) is 5.26 Å². The second kappa shape index (κ2) is 6.13. The second-order valence-corrected chi connectivity index (χ2v) is 6.15. The largest absolute Gasteiger partial charge is 0.295 e. The minimum absolute atomic E-state index is 0.211. The Bertz CT molecular complexity index is 849. The summed E-state index contributed by atoms with van der Waals surface area (Å²) in [6.45, 7) is 0. The molecule has 6 nitrogen and oxygen atoms in total. The maximum Gasteiger partial charge on any atom is 0.295 e. The average Bonchev–Trinajstić information content (AvgIpc) is 2.45. The molecule has 0 atom stereocenters. The number of hydrogen-bond donors (Lipinski definition) is 2. The van der Waals surface area contributed by atoms with Gasteiger partial charge in [0, 0.05) is 5.39 Å². The highest BCUT2D eigenvalue weighted by atomic mass is 32.2.